The summed E-state index contributed by atoms with van der Waals surface area (Å²) in [5.74, 6) is -1.10. The lowest BCUT2D eigenvalue weighted by atomic mass is 10.1. The van der Waals surface area contributed by atoms with E-state index in [0.717, 1.165) is 4.90 Å². The lowest BCUT2D eigenvalue weighted by Gasteiger charge is -2.17. The van der Waals surface area contributed by atoms with Crippen LogP contribution in [0.25, 0.3) is 0 Å². The first-order valence-corrected chi connectivity index (χ1v) is 6.69. The predicted molar refractivity (Wildman–Crippen MR) is 65.0 cm³/mol. The molecular weight excluding hydrogens is 256 g/mol. The molecule has 6 nitrogen and oxygen atoms in total. The first-order chi connectivity index (χ1) is 8.50. The van der Waals surface area contributed by atoms with Crippen LogP contribution in [0.2, 0.25) is 0 Å². The van der Waals surface area contributed by atoms with E-state index >= 15 is 0 Å². The van der Waals surface area contributed by atoms with Crippen LogP contribution in [0, 0.1) is 0 Å². The highest BCUT2D eigenvalue weighted by Crippen LogP contribution is 2.22. The number of fused-ring (bicyclic) bond motifs is 1. The summed E-state index contributed by atoms with van der Waals surface area (Å²) in [5, 5.41) is 0. The van der Waals surface area contributed by atoms with Gasteiger partial charge in [0.25, 0.3) is 11.8 Å². The fraction of sp³-hybridized carbons (Fsp3) is 0.273. The molecule has 1 aromatic carbocycles. The summed E-state index contributed by atoms with van der Waals surface area (Å²) in [6, 6.07) is 5.71. The van der Waals surface area contributed by atoms with Crippen molar-refractivity contribution in [2.24, 2.45) is 5.73 Å². The van der Waals surface area contributed by atoms with Crippen molar-refractivity contribution in [1.82, 2.24) is 4.90 Å². The fourth-order valence-corrected chi connectivity index (χ4v) is 2.39. The molecule has 7 heteroatoms. The Morgan fingerprint density at radius 1 is 1.11 bits per heavy atom. The Labute approximate surface area is 105 Å². The van der Waals surface area contributed by atoms with Gasteiger partial charge in [0.15, 0.2) is 0 Å². The smallest absolute Gasteiger partial charge is 0.261 e. The highest BCUT2D eigenvalue weighted by Gasteiger charge is 2.35. The predicted octanol–water partition coefficient (Wildman–Crippen LogP) is -0.779. The Morgan fingerprint density at radius 2 is 1.61 bits per heavy atom. The zero-order chi connectivity index (χ0) is 13.3. The molecule has 1 heterocycles. The van der Waals surface area contributed by atoms with Gasteiger partial charge in [0.2, 0.25) is 0 Å². The molecule has 96 valence electrons. The Hall–Kier alpha value is -1.73. The van der Waals surface area contributed by atoms with Gasteiger partial charge >= 0.3 is 0 Å². The molecule has 18 heavy (non-hydrogen) atoms. The third kappa shape index (κ3) is 2.27. The normalized spacial score (nSPS) is 16.2. The van der Waals surface area contributed by atoms with Crippen LogP contribution in [-0.2, 0) is 10.7 Å². The molecule has 2 amide bonds. The van der Waals surface area contributed by atoms with Crippen molar-refractivity contribution in [3.63, 3.8) is 0 Å². The van der Waals surface area contributed by atoms with Crippen LogP contribution in [0.15, 0.2) is 24.3 Å². The number of imide groups is 1. The second-order valence-corrected chi connectivity index (χ2v) is 5.07. The fourth-order valence-electron chi connectivity index (χ4n) is 1.89. The number of hydrogen-bond donors (Lipinski definition) is 2. The number of benzene rings is 1. The minimum absolute atomic E-state index is 0.0876. The van der Waals surface area contributed by atoms with E-state index in [0.29, 0.717) is 11.1 Å². The number of rotatable bonds is 4. The topological polar surface area (TPSA) is 97.5 Å². The number of thiol groups is 1. The largest absolute Gasteiger partial charge is 0.325 e. The van der Waals surface area contributed by atoms with E-state index in [9.17, 15) is 18.0 Å². The third-order valence-electron chi connectivity index (χ3n) is 2.68. The molecule has 2 N–H and O–H groups in total. The van der Waals surface area contributed by atoms with Gasteiger partial charge in [-0.15, -0.1) is 0 Å². The molecule has 0 saturated carbocycles. The highest BCUT2D eigenvalue weighted by atomic mass is 32.2. The third-order valence-corrected chi connectivity index (χ3v) is 3.45. The van der Waals surface area contributed by atoms with Crippen molar-refractivity contribution in [3.8, 4) is 0 Å². The van der Waals surface area contributed by atoms with Gasteiger partial charge in [-0.05, 0) is 12.1 Å². The summed E-state index contributed by atoms with van der Waals surface area (Å²) in [5.41, 5.74) is 6.25. The van der Waals surface area contributed by atoms with Crippen LogP contribution in [0.5, 0.6) is 0 Å². The van der Waals surface area contributed by atoms with E-state index < -0.39 is 28.6 Å². The van der Waals surface area contributed by atoms with E-state index in [-0.39, 0.29) is 12.3 Å². The average Bonchev–Trinajstić information content (AvgIpc) is 2.54. The van der Waals surface area contributed by atoms with Gasteiger partial charge in [-0.2, -0.15) is 0 Å². The average molecular weight is 268 g/mol. The summed E-state index contributed by atoms with van der Waals surface area (Å²) >= 11 is 0. The van der Waals surface area contributed by atoms with E-state index in [2.05, 4.69) is 0 Å². The van der Waals surface area contributed by atoms with Crippen molar-refractivity contribution in [1.29, 1.82) is 0 Å². The first kappa shape index (κ1) is 12.7. The molecule has 1 aromatic rings. The monoisotopic (exact) mass is 268 g/mol. The summed E-state index contributed by atoms with van der Waals surface area (Å²) in [4.78, 5) is 24.8. The minimum atomic E-state index is -2.62. The molecule has 2 rings (SSSR count). The molecule has 0 fully saturated rings. The Balaban J connectivity index is 2.18. The maximum atomic E-state index is 11.9. The SMILES string of the molecule is N[C@H](CN1C(=O)c2ccccc2C1=O)C[SH](=O)=O. The number of hydrogen-bond acceptors (Lipinski definition) is 5. The molecule has 1 atom stereocenters. The lowest BCUT2D eigenvalue weighted by Crippen LogP contribution is -2.42. The summed E-state index contributed by atoms with van der Waals surface area (Å²) in [6.45, 7) is -0.0876. The van der Waals surface area contributed by atoms with Crippen LogP contribution in [0.1, 0.15) is 20.7 Å². The van der Waals surface area contributed by atoms with Crippen LogP contribution in [-0.4, -0.2) is 43.5 Å². The standard InChI is InChI=1S/C11H12N2O4S/c12-7(6-18(16)17)5-13-10(14)8-3-1-2-4-9(8)11(13)15/h1-4,7,18H,5-6,12H2/t7-/m1/s1. The Kier molecular flexibility index (Phi) is 3.44. The van der Waals surface area contributed by atoms with Gasteiger partial charge in [-0.25, -0.2) is 8.42 Å². The van der Waals surface area contributed by atoms with Crippen LogP contribution in [0.3, 0.4) is 0 Å². The van der Waals surface area contributed by atoms with Gasteiger partial charge in [0.1, 0.15) is 10.7 Å². The molecule has 1 aliphatic rings. The number of carbonyl (C=O) groups excluding carboxylic acids is 2. The van der Waals surface area contributed by atoms with Gasteiger partial charge in [-0.1, -0.05) is 12.1 Å². The Morgan fingerprint density at radius 3 is 2.06 bits per heavy atom. The van der Waals surface area contributed by atoms with Crippen molar-refractivity contribution in [3.05, 3.63) is 35.4 Å². The molecule has 0 bridgehead atoms. The first-order valence-electron chi connectivity index (χ1n) is 5.33. The van der Waals surface area contributed by atoms with E-state index in [1.54, 1.807) is 24.3 Å². The number of carbonyl (C=O) groups is 2. The van der Waals surface area contributed by atoms with Gasteiger partial charge in [0.05, 0.1) is 16.9 Å². The quantitative estimate of drug-likeness (QED) is 0.551. The summed E-state index contributed by atoms with van der Waals surface area (Å²) in [7, 11) is -2.62. The maximum absolute atomic E-state index is 11.9. The zero-order valence-corrected chi connectivity index (χ0v) is 10.3. The molecule has 0 radical (unpaired) electrons. The van der Waals surface area contributed by atoms with E-state index in [4.69, 9.17) is 5.73 Å². The van der Waals surface area contributed by atoms with Gasteiger partial charge < -0.3 is 5.73 Å². The summed E-state index contributed by atoms with van der Waals surface area (Å²) in [6.07, 6.45) is 0. The van der Waals surface area contributed by atoms with Crippen LogP contribution in [0.4, 0.5) is 0 Å². The van der Waals surface area contributed by atoms with Crippen molar-refractivity contribution in [2.75, 3.05) is 12.3 Å². The van der Waals surface area contributed by atoms with Crippen LogP contribution >= 0.6 is 0 Å². The van der Waals surface area contributed by atoms with Crippen LogP contribution < -0.4 is 5.73 Å². The van der Waals surface area contributed by atoms with Crippen molar-refractivity contribution < 1.29 is 18.0 Å². The second kappa shape index (κ2) is 4.87. The highest BCUT2D eigenvalue weighted by molar-refractivity contribution is 7.72. The number of amides is 2. The maximum Gasteiger partial charge on any atom is 0.261 e. The molecule has 0 saturated heterocycles. The van der Waals surface area contributed by atoms with E-state index in [1.807, 2.05) is 0 Å². The van der Waals surface area contributed by atoms with Gasteiger partial charge in [-0.3, -0.25) is 14.5 Å². The Bertz CT molecular complexity index is 539. The second-order valence-electron chi connectivity index (χ2n) is 4.04. The lowest BCUT2D eigenvalue weighted by molar-refractivity contribution is 0.0647. The van der Waals surface area contributed by atoms with Crippen molar-refractivity contribution >= 4 is 22.5 Å². The summed E-state index contributed by atoms with van der Waals surface area (Å²) < 4.78 is 21.1. The molecule has 0 aliphatic carbocycles. The molecule has 1 aliphatic heterocycles. The molecule has 0 aromatic heterocycles. The number of nitrogens with zero attached hydrogens (tertiary/aromatic N) is 1. The molecule has 0 unspecified atom stereocenters. The molecular formula is C11H12N2O4S. The van der Waals surface area contributed by atoms with Crippen molar-refractivity contribution in [2.45, 2.75) is 6.04 Å². The minimum Gasteiger partial charge on any atom is -0.325 e. The molecule has 0 spiro atoms. The van der Waals surface area contributed by atoms with E-state index in [1.165, 1.54) is 0 Å². The number of nitrogens with two attached hydrogens (primary N) is 1. The van der Waals surface area contributed by atoms with Gasteiger partial charge in [0, 0.05) is 12.6 Å². The zero-order valence-electron chi connectivity index (χ0n) is 9.41.